The number of nitrogens with one attached hydrogen (secondary N) is 1. The number of nitrogens with zero attached hydrogens (tertiary/aromatic N) is 3. The zero-order chi connectivity index (χ0) is 21.8. The second kappa shape index (κ2) is 8.66. The quantitative estimate of drug-likeness (QED) is 0.453. The summed E-state index contributed by atoms with van der Waals surface area (Å²) in [5.41, 5.74) is 2.95. The molecular formula is C23H20N4O4. The van der Waals surface area contributed by atoms with E-state index in [1.807, 2.05) is 49.4 Å². The number of rotatable bonds is 6. The van der Waals surface area contributed by atoms with Gasteiger partial charge in [0.25, 0.3) is 5.69 Å². The molecule has 0 unspecified atom stereocenters. The van der Waals surface area contributed by atoms with E-state index in [4.69, 9.17) is 19.5 Å². The molecule has 0 saturated heterocycles. The molecule has 0 atom stereocenters. The number of fused-ring (bicyclic) bond motifs is 1. The summed E-state index contributed by atoms with van der Waals surface area (Å²) in [4.78, 5) is 20.1. The van der Waals surface area contributed by atoms with Crippen molar-refractivity contribution in [1.29, 1.82) is 0 Å². The molecule has 4 rings (SSSR count). The Labute approximate surface area is 179 Å². The van der Waals surface area contributed by atoms with Gasteiger partial charge in [-0.15, -0.1) is 0 Å². The van der Waals surface area contributed by atoms with Crippen LogP contribution in [0.5, 0.6) is 11.5 Å². The van der Waals surface area contributed by atoms with Gasteiger partial charge in [-0.25, -0.2) is 9.98 Å². The van der Waals surface area contributed by atoms with Gasteiger partial charge >= 0.3 is 0 Å². The van der Waals surface area contributed by atoms with Gasteiger partial charge in [-0.2, -0.15) is 0 Å². The third-order valence-corrected chi connectivity index (χ3v) is 4.68. The van der Waals surface area contributed by atoms with Gasteiger partial charge < -0.3 is 14.8 Å². The average molecular weight is 416 g/mol. The molecule has 1 aliphatic rings. The monoisotopic (exact) mass is 416 g/mol. The van der Waals surface area contributed by atoms with E-state index in [1.54, 1.807) is 19.2 Å². The van der Waals surface area contributed by atoms with Crippen molar-refractivity contribution >= 4 is 28.7 Å². The third-order valence-electron chi connectivity index (χ3n) is 4.68. The summed E-state index contributed by atoms with van der Waals surface area (Å²) in [7, 11) is 1.61. The molecule has 156 valence electrons. The molecule has 1 aliphatic heterocycles. The highest BCUT2D eigenvalue weighted by Crippen LogP contribution is 2.33. The first kappa shape index (κ1) is 20.1. The number of benzene rings is 3. The summed E-state index contributed by atoms with van der Waals surface area (Å²) in [6.45, 7) is 2.46. The summed E-state index contributed by atoms with van der Waals surface area (Å²) in [6.07, 6.45) is 0. The maximum Gasteiger partial charge on any atom is 0.269 e. The van der Waals surface area contributed by atoms with Gasteiger partial charge in [0.05, 0.1) is 30.0 Å². The Kier molecular flexibility index (Phi) is 5.61. The fraction of sp³-hybridized carbons (Fsp3) is 0.130. The lowest BCUT2D eigenvalue weighted by Crippen LogP contribution is -2.15. The van der Waals surface area contributed by atoms with E-state index in [0.717, 1.165) is 17.0 Å². The van der Waals surface area contributed by atoms with E-state index in [-0.39, 0.29) is 5.69 Å². The third kappa shape index (κ3) is 4.37. The predicted molar refractivity (Wildman–Crippen MR) is 120 cm³/mol. The van der Waals surface area contributed by atoms with Crippen molar-refractivity contribution in [2.45, 2.75) is 6.92 Å². The van der Waals surface area contributed by atoms with Gasteiger partial charge in [0, 0.05) is 29.3 Å². The van der Waals surface area contributed by atoms with Crippen LogP contribution in [0.1, 0.15) is 18.1 Å². The first-order chi connectivity index (χ1) is 15.1. The summed E-state index contributed by atoms with van der Waals surface area (Å²) < 4.78 is 10.9. The highest BCUT2D eigenvalue weighted by molar-refractivity contribution is 6.19. The number of nitro groups is 1. The minimum absolute atomic E-state index is 0.0149. The maximum atomic E-state index is 11.0. The summed E-state index contributed by atoms with van der Waals surface area (Å²) in [5, 5.41) is 14.3. The Balaban J connectivity index is 1.81. The second-order valence-electron chi connectivity index (χ2n) is 6.67. The molecule has 0 aromatic heterocycles. The van der Waals surface area contributed by atoms with Crippen LogP contribution in [0.2, 0.25) is 0 Å². The van der Waals surface area contributed by atoms with Crippen LogP contribution in [0.15, 0.2) is 76.7 Å². The lowest BCUT2D eigenvalue weighted by atomic mass is 10.1. The Morgan fingerprint density at radius 2 is 1.61 bits per heavy atom. The molecule has 0 saturated carbocycles. The lowest BCUT2D eigenvalue weighted by Gasteiger charge is -2.11. The van der Waals surface area contributed by atoms with Crippen molar-refractivity contribution in [1.82, 2.24) is 0 Å². The maximum absolute atomic E-state index is 11.0. The molecule has 8 nitrogen and oxygen atoms in total. The van der Waals surface area contributed by atoms with Crippen LogP contribution in [0.25, 0.3) is 0 Å². The molecule has 0 spiro atoms. The van der Waals surface area contributed by atoms with Gasteiger partial charge in [-0.05, 0) is 55.5 Å². The van der Waals surface area contributed by atoms with Crippen molar-refractivity contribution in [3.8, 4) is 11.5 Å². The summed E-state index contributed by atoms with van der Waals surface area (Å²) in [6, 6.07) is 19.3. The zero-order valence-electron chi connectivity index (χ0n) is 17.0. The normalized spacial score (nSPS) is 12.6. The lowest BCUT2D eigenvalue weighted by molar-refractivity contribution is -0.384. The number of nitro benzene ring substituents is 1. The predicted octanol–water partition coefficient (Wildman–Crippen LogP) is 4.95. The van der Waals surface area contributed by atoms with Crippen LogP contribution in [0.3, 0.4) is 0 Å². The van der Waals surface area contributed by atoms with E-state index in [9.17, 15) is 10.1 Å². The number of amidine groups is 2. The van der Waals surface area contributed by atoms with Gasteiger partial charge in [0.2, 0.25) is 0 Å². The number of aliphatic imine (C=N–C) groups is 2. The van der Waals surface area contributed by atoms with Crippen LogP contribution in [0, 0.1) is 10.1 Å². The average Bonchev–Trinajstić information content (AvgIpc) is 2.99. The number of methoxy groups -OCH3 is 1. The molecule has 1 N–H and O–H groups in total. The molecule has 0 aliphatic carbocycles. The van der Waals surface area contributed by atoms with E-state index < -0.39 is 4.92 Å². The van der Waals surface area contributed by atoms with Crippen LogP contribution in [0.4, 0.5) is 17.1 Å². The number of hydrogen-bond donors (Lipinski definition) is 1. The van der Waals surface area contributed by atoms with Crippen LogP contribution < -0.4 is 14.8 Å². The Bertz CT molecular complexity index is 1170. The van der Waals surface area contributed by atoms with Crippen molar-refractivity contribution in [2.24, 2.45) is 9.98 Å². The minimum Gasteiger partial charge on any atom is -0.497 e. The molecule has 0 radical (unpaired) electrons. The van der Waals surface area contributed by atoms with Crippen LogP contribution in [-0.2, 0) is 0 Å². The van der Waals surface area contributed by atoms with E-state index >= 15 is 0 Å². The molecule has 0 bridgehead atoms. The fourth-order valence-corrected chi connectivity index (χ4v) is 3.12. The van der Waals surface area contributed by atoms with E-state index in [0.29, 0.717) is 35.3 Å². The number of hydrogen-bond acceptors (Lipinski definition) is 7. The molecule has 3 aromatic rings. The van der Waals surface area contributed by atoms with Crippen molar-refractivity contribution in [3.63, 3.8) is 0 Å². The Morgan fingerprint density at radius 3 is 2.26 bits per heavy atom. The highest BCUT2D eigenvalue weighted by atomic mass is 16.6. The first-order valence-electron chi connectivity index (χ1n) is 9.68. The summed E-state index contributed by atoms with van der Waals surface area (Å²) in [5.74, 6) is 2.47. The van der Waals surface area contributed by atoms with E-state index in [1.165, 1.54) is 12.1 Å². The second-order valence-corrected chi connectivity index (χ2v) is 6.67. The Morgan fingerprint density at radius 1 is 0.935 bits per heavy atom. The van der Waals surface area contributed by atoms with Crippen molar-refractivity contribution < 1.29 is 14.4 Å². The van der Waals surface area contributed by atoms with Gasteiger partial charge in [-0.1, -0.05) is 0 Å². The molecule has 0 fully saturated rings. The zero-order valence-corrected chi connectivity index (χ0v) is 17.0. The Hall–Kier alpha value is -4.20. The first-order valence-corrected chi connectivity index (χ1v) is 9.68. The van der Waals surface area contributed by atoms with Gasteiger partial charge in [0.1, 0.15) is 17.3 Å². The topological polar surface area (TPSA) is 98.3 Å². The smallest absolute Gasteiger partial charge is 0.269 e. The minimum atomic E-state index is -0.431. The van der Waals surface area contributed by atoms with Crippen molar-refractivity contribution in [2.75, 3.05) is 19.0 Å². The number of non-ortho nitro benzene ring substituents is 1. The molecule has 1 heterocycles. The fourth-order valence-electron chi connectivity index (χ4n) is 3.12. The molecule has 3 aromatic carbocycles. The molecule has 8 heteroatoms. The molecular weight excluding hydrogens is 396 g/mol. The number of anilines is 1. The number of ether oxygens (including phenoxy) is 2. The van der Waals surface area contributed by atoms with Gasteiger partial charge in [0.15, 0.2) is 5.84 Å². The van der Waals surface area contributed by atoms with E-state index in [2.05, 4.69) is 5.32 Å². The standard InChI is InChI=1S/C23H20N4O4/c1-3-31-19-12-13-20-21(14-19)25-23(15-4-8-17(9-5-15)27(28)29)26-22(24-20)16-6-10-18(30-2)11-7-16/h4-14H,3H2,1-2H3,(H,24,25,26). The van der Waals surface area contributed by atoms with Crippen LogP contribution >= 0.6 is 0 Å². The van der Waals surface area contributed by atoms with Crippen LogP contribution in [-0.4, -0.2) is 30.3 Å². The highest BCUT2D eigenvalue weighted by Gasteiger charge is 2.17. The summed E-state index contributed by atoms with van der Waals surface area (Å²) >= 11 is 0. The van der Waals surface area contributed by atoms with Gasteiger partial charge in [-0.3, -0.25) is 10.1 Å². The van der Waals surface area contributed by atoms with Crippen molar-refractivity contribution in [3.05, 3.63) is 88.0 Å². The molecule has 0 amide bonds. The largest absolute Gasteiger partial charge is 0.497 e. The molecule has 31 heavy (non-hydrogen) atoms. The SMILES string of the molecule is CCOc1ccc2c(c1)NC(c1ccc([N+](=O)[O-])cc1)=NC(c1ccc(OC)cc1)=N2.